The first-order chi connectivity index (χ1) is 14.7. The van der Waals surface area contributed by atoms with Gasteiger partial charge < -0.3 is 10.2 Å². The number of likely N-dealkylation sites (tertiary alicyclic amines) is 1. The third-order valence-corrected chi connectivity index (χ3v) is 5.20. The van der Waals surface area contributed by atoms with Crippen LogP contribution in [0.5, 0.6) is 0 Å². The summed E-state index contributed by atoms with van der Waals surface area (Å²) in [5.74, 6) is -4.40. The number of nitriles is 1. The molecule has 0 saturated carbocycles. The predicted octanol–water partition coefficient (Wildman–Crippen LogP) is 3.48. The van der Waals surface area contributed by atoms with Crippen LogP contribution >= 0.6 is 11.6 Å². The Hall–Kier alpha value is -3.31. The van der Waals surface area contributed by atoms with Crippen molar-refractivity contribution in [3.05, 3.63) is 71.0 Å². The second-order valence-corrected chi connectivity index (χ2v) is 7.67. The van der Waals surface area contributed by atoms with E-state index in [-0.39, 0.29) is 0 Å². The highest BCUT2D eigenvalue weighted by Crippen LogP contribution is 2.31. The lowest BCUT2D eigenvalue weighted by Crippen LogP contribution is -2.43. The minimum atomic E-state index is -3.11. The van der Waals surface area contributed by atoms with Gasteiger partial charge in [0.25, 0.3) is 11.8 Å². The second-order valence-electron chi connectivity index (χ2n) is 7.23. The molecule has 6 nitrogen and oxygen atoms in total. The summed E-state index contributed by atoms with van der Waals surface area (Å²) in [7, 11) is 0. The van der Waals surface area contributed by atoms with E-state index in [1.54, 1.807) is 18.2 Å². The molecule has 1 fully saturated rings. The molecule has 1 aromatic heterocycles. The van der Waals surface area contributed by atoms with Gasteiger partial charge in [0.15, 0.2) is 0 Å². The smallest absolute Gasteiger partial charge is 0.268 e. The normalized spacial score (nSPS) is 17.1. The number of carbonyl (C=O) groups is 2. The fourth-order valence-corrected chi connectivity index (χ4v) is 3.48. The summed E-state index contributed by atoms with van der Waals surface area (Å²) in [6.07, 6.45) is 2.61. The molecule has 160 valence electrons. The molecule has 31 heavy (non-hydrogen) atoms. The van der Waals surface area contributed by atoms with E-state index >= 15 is 0 Å². The summed E-state index contributed by atoms with van der Waals surface area (Å²) in [6.45, 7) is 2.72. The van der Waals surface area contributed by atoms with Gasteiger partial charge in [0.05, 0.1) is 19.2 Å². The maximum absolute atomic E-state index is 13.5. The van der Waals surface area contributed by atoms with Gasteiger partial charge in [0.2, 0.25) is 5.91 Å². The second kappa shape index (κ2) is 9.23. The zero-order chi connectivity index (χ0) is 22.6. The molecule has 2 aromatic rings. The van der Waals surface area contributed by atoms with Gasteiger partial charge in [0, 0.05) is 29.4 Å². The first-order valence-corrected chi connectivity index (χ1v) is 9.80. The first kappa shape index (κ1) is 22.4. The molecular formula is C22H19ClF2N4O2. The van der Waals surface area contributed by atoms with Gasteiger partial charge in [-0.25, -0.2) is 8.78 Å². The summed E-state index contributed by atoms with van der Waals surface area (Å²) in [4.78, 5) is 29.8. The van der Waals surface area contributed by atoms with Crippen molar-refractivity contribution in [3.8, 4) is 6.07 Å². The summed E-state index contributed by atoms with van der Waals surface area (Å²) in [6, 6.07) is 9.11. The van der Waals surface area contributed by atoms with Gasteiger partial charge in [-0.1, -0.05) is 30.3 Å². The number of alkyl halides is 2. The van der Waals surface area contributed by atoms with Crippen LogP contribution in [0.15, 0.2) is 49.3 Å². The van der Waals surface area contributed by atoms with Gasteiger partial charge in [-0.3, -0.25) is 14.6 Å². The molecule has 3 rings (SSSR count). The van der Waals surface area contributed by atoms with E-state index in [1.165, 1.54) is 18.5 Å². The highest BCUT2D eigenvalue weighted by molar-refractivity contribution is 6.30. The van der Waals surface area contributed by atoms with Crippen molar-refractivity contribution in [2.75, 3.05) is 13.1 Å². The van der Waals surface area contributed by atoms with Crippen LogP contribution in [0, 0.1) is 11.3 Å². The molecule has 1 aliphatic heterocycles. The van der Waals surface area contributed by atoms with E-state index in [0.717, 1.165) is 16.0 Å². The maximum atomic E-state index is 13.5. The maximum Gasteiger partial charge on any atom is 0.268 e. The Kier molecular flexibility index (Phi) is 6.66. The SMILES string of the molecule is C=C(Cc1cnccc1C(=O)NCC(=O)N1CC(F)(F)CC1C#N)c1ccc(Cl)cc1. The standard InChI is InChI=1S/C22H19ClF2N4O2/c1-14(15-2-4-17(23)5-3-15)8-16-11-27-7-6-19(16)21(31)28-12-20(30)29-13-22(24,25)9-18(29)10-26/h2-7,11,18H,1,8-9,12-13H2,(H,28,31). The number of allylic oxidation sites excluding steroid dienone is 1. The van der Waals surface area contributed by atoms with Crippen LogP contribution < -0.4 is 5.32 Å². The number of rotatable bonds is 6. The number of carbonyl (C=O) groups excluding carboxylic acids is 2. The zero-order valence-corrected chi connectivity index (χ0v) is 17.2. The highest BCUT2D eigenvalue weighted by Gasteiger charge is 2.47. The van der Waals surface area contributed by atoms with Crippen LogP contribution in [-0.2, 0) is 11.2 Å². The van der Waals surface area contributed by atoms with Crippen molar-refractivity contribution < 1.29 is 18.4 Å². The topological polar surface area (TPSA) is 86.1 Å². The number of benzene rings is 1. The molecule has 2 amide bonds. The van der Waals surface area contributed by atoms with Crippen LogP contribution in [0.3, 0.4) is 0 Å². The fraction of sp³-hybridized carbons (Fsp3) is 0.273. The van der Waals surface area contributed by atoms with Gasteiger partial charge in [-0.15, -0.1) is 0 Å². The molecule has 1 unspecified atom stereocenters. The molecule has 1 N–H and O–H groups in total. The third kappa shape index (κ3) is 5.44. The summed E-state index contributed by atoms with van der Waals surface area (Å²) in [5.41, 5.74) is 2.48. The monoisotopic (exact) mass is 444 g/mol. The van der Waals surface area contributed by atoms with Crippen molar-refractivity contribution in [2.45, 2.75) is 24.8 Å². The van der Waals surface area contributed by atoms with Gasteiger partial charge in [-0.05, 0) is 41.3 Å². The number of amides is 2. The number of nitrogens with zero attached hydrogens (tertiary/aromatic N) is 3. The van der Waals surface area contributed by atoms with Gasteiger partial charge >= 0.3 is 0 Å². The molecule has 1 aliphatic rings. The van der Waals surface area contributed by atoms with E-state index in [1.807, 2.05) is 12.1 Å². The minimum absolute atomic E-state index is 0.293. The van der Waals surface area contributed by atoms with E-state index in [2.05, 4.69) is 16.9 Å². The Bertz CT molecular complexity index is 1050. The average Bonchev–Trinajstić information content (AvgIpc) is 3.07. The quantitative estimate of drug-likeness (QED) is 0.739. The minimum Gasteiger partial charge on any atom is -0.343 e. The molecule has 1 atom stereocenters. The van der Waals surface area contributed by atoms with E-state index in [9.17, 15) is 18.4 Å². The summed E-state index contributed by atoms with van der Waals surface area (Å²) in [5, 5.41) is 12.1. The van der Waals surface area contributed by atoms with E-state index in [4.69, 9.17) is 16.9 Å². The van der Waals surface area contributed by atoms with Gasteiger partial charge in [0.1, 0.15) is 6.04 Å². The molecule has 0 spiro atoms. The number of halogens is 3. The molecule has 0 radical (unpaired) electrons. The predicted molar refractivity (Wildman–Crippen MR) is 111 cm³/mol. The Labute approximate surface area is 183 Å². The number of pyridine rings is 1. The molecule has 9 heteroatoms. The Morgan fingerprint density at radius 1 is 1.32 bits per heavy atom. The Morgan fingerprint density at radius 3 is 2.71 bits per heavy atom. The van der Waals surface area contributed by atoms with Crippen LogP contribution in [-0.4, -0.2) is 46.8 Å². The van der Waals surface area contributed by atoms with Crippen molar-refractivity contribution in [1.82, 2.24) is 15.2 Å². The van der Waals surface area contributed by atoms with Crippen LogP contribution in [0.1, 0.15) is 27.9 Å². The molecule has 0 aliphatic carbocycles. The average molecular weight is 445 g/mol. The number of aromatic nitrogens is 1. The Balaban J connectivity index is 1.66. The number of hydrogen-bond acceptors (Lipinski definition) is 4. The van der Waals surface area contributed by atoms with Crippen LogP contribution in [0.25, 0.3) is 5.57 Å². The molecular weight excluding hydrogens is 426 g/mol. The fourth-order valence-electron chi connectivity index (χ4n) is 3.35. The lowest BCUT2D eigenvalue weighted by molar-refractivity contribution is -0.131. The van der Waals surface area contributed by atoms with Crippen molar-refractivity contribution in [1.29, 1.82) is 5.26 Å². The molecule has 2 heterocycles. The van der Waals surface area contributed by atoms with E-state index < -0.39 is 43.3 Å². The largest absolute Gasteiger partial charge is 0.343 e. The Morgan fingerprint density at radius 2 is 2.03 bits per heavy atom. The van der Waals surface area contributed by atoms with Crippen molar-refractivity contribution in [3.63, 3.8) is 0 Å². The lowest BCUT2D eigenvalue weighted by Gasteiger charge is -2.19. The van der Waals surface area contributed by atoms with Crippen molar-refractivity contribution >= 4 is 29.0 Å². The molecule has 0 bridgehead atoms. The van der Waals surface area contributed by atoms with E-state index in [0.29, 0.717) is 22.6 Å². The molecule has 1 aromatic carbocycles. The lowest BCUT2D eigenvalue weighted by atomic mass is 9.97. The number of nitrogens with one attached hydrogen (secondary N) is 1. The zero-order valence-electron chi connectivity index (χ0n) is 16.4. The summed E-state index contributed by atoms with van der Waals surface area (Å²) < 4.78 is 27.1. The van der Waals surface area contributed by atoms with Crippen LogP contribution in [0.4, 0.5) is 8.78 Å². The third-order valence-electron chi connectivity index (χ3n) is 4.94. The molecule has 1 saturated heterocycles. The van der Waals surface area contributed by atoms with Crippen molar-refractivity contribution in [2.24, 2.45) is 0 Å². The van der Waals surface area contributed by atoms with Crippen LogP contribution in [0.2, 0.25) is 5.02 Å². The first-order valence-electron chi connectivity index (χ1n) is 9.42. The summed E-state index contributed by atoms with van der Waals surface area (Å²) >= 11 is 5.90. The van der Waals surface area contributed by atoms with Gasteiger partial charge in [-0.2, -0.15) is 5.26 Å². The highest BCUT2D eigenvalue weighted by atomic mass is 35.5. The number of hydrogen-bond donors (Lipinski definition) is 1.